The highest BCUT2D eigenvalue weighted by Crippen LogP contribution is 2.37. The lowest BCUT2D eigenvalue weighted by molar-refractivity contribution is -0.151. The Morgan fingerprint density at radius 1 is 0.884 bits per heavy atom. The molecule has 13 heteroatoms. The fourth-order valence-corrected chi connectivity index (χ4v) is 5.66. The topological polar surface area (TPSA) is 62.7 Å². The molecule has 1 aromatic heterocycles. The molecule has 2 saturated heterocycles. The van der Waals surface area contributed by atoms with Gasteiger partial charge in [0.15, 0.2) is 0 Å². The first-order chi connectivity index (χ1) is 20.3. The van der Waals surface area contributed by atoms with Crippen molar-refractivity contribution < 1.29 is 45.1 Å². The van der Waals surface area contributed by atoms with E-state index in [0.29, 0.717) is 12.5 Å². The molecule has 0 bridgehead atoms. The molecule has 2 amide bonds. The fraction of sp³-hybridized carbons (Fsp3) is 0.367. The zero-order valence-corrected chi connectivity index (χ0v) is 22.6. The van der Waals surface area contributed by atoms with Gasteiger partial charge in [0.05, 0.1) is 23.2 Å². The molecule has 6 nitrogen and oxygen atoms in total. The standard InChI is InChI=1S/C30H26F7N3O3/c31-22-6-2-19(3-7-22)20-11-15-39(17-20)27(42)28(43-23-8-4-21(5-9-23)29(32,33)34)12-1-14-40(18-28)26(41)24-16-38-13-10-25(24)30(35,36)37/h2-10,13,16,20H,1,11-12,14-15,17-18H2. The lowest BCUT2D eigenvalue weighted by Gasteiger charge is -2.43. The van der Waals surface area contributed by atoms with Gasteiger partial charge in [0.1, 0.15) is 11.6 Å². The summed E-state index contributed by atoms with van der Waals surface area (Å²) in [5.41, 5.74) is -3.78. The summed E-state index contributed by atoms with van der Waals surface area (Å²) in [6.07, 6.45) is -6.93. The van der Waals surface area contributed by atoms with Crippen LogP contribution >= 0.6 is 0 Å². The Kier molecular flexibility index (Phi) is 8.10. The van der Waals surface area contributed by atoms with E-state index in [2.05, 4.69) is 4.98 Å². The van der Waals surface area contributed by atoms with Crippen molar-refractivity contribution in [2.75, 3.05) is 26.2 Å². The van der Waals surface area contributed by atoms with Gasteiger partial charge < -0.3 is 14.5 Å². The maximum absolute atomic E-state index is 14.1. The molecule has 0 aliphatic carbocycles. The van der Waals surface area contributed by atoms with Crippen LogP contribution < -0.4 is 4.74 Å². The minimum Gasteiger partial charge on any atom is -0.476 e. The number of alkyl halides is 6. The molecule has 228 valence electrons. The van der Waals surface area contributed by atoms with E-state index in [4.69, 9.17) is 4.74 Å². The van der Waals surface area contributed by atoms with E-state index in [1.165, 1.54) is 17.0 Å². The summed E-state index contributed by atoms with van der Waals surface area (Å²) in [7, 11) is 0. The molecule has 2 atom stereocenters. The lowest BCUT2D eigenvalue weighted by Crippen LogP contribution is -2.62. The number of amides is 2. The van der Waals surface area contributed by atoms with Crippen molar-refractivity contribution >= 4 is 11.8 Å². The van der Waals surface area contributed by atoms with Gasteiger partial charge in [0.2, 0.25) is 5.60 Å². The molecular formula is C30H26F7N3O3. The van der Waals surface area contributed by atoms with Crippen molar-refractivity contribution in [1.82, 2.24) is 14.8 Å². The summed E-state index contributed by atoms with van der Waals surface area (Å²) in [4.78, 5) is 33.8. The molecule has 2 unspecified atom stereocenters. The predicted molar refractivity (Wildman–Crippen MR) is 140 cm³/mol. The van der Waals surface area contributed by atoms with Gasteiger partial charge >= 0.3 is 12.4 Å². The minimum absolute atomic E-state index is 0.0225. The Labute approximate surface area is 242 Å². The van der Waals surface area contributed by atoms with Crippen molar-refractivity contribution in [3.8, 4) is 5.75 Å². The van der Waals surface area contributed by atoms with Crippen LogP contribution in [0.2, 0.25) is 0 Å². The Bertz CT molecular complexity index is 1480. The molecule has 3 aromatic rings. The van der Waals surface area contributed by atoms with Gasteiger partial charge in [-0.2, -0.15) is 26.3 Å². The van der Waals surface area contributed by atoms with Crippen molar-refractivity contribution in [3.63, 3.8) is 0 Å². The Morgan fingerprint density at radius 2 is 1.58 bits per heavy atom. The quantitative estimate of drug-likeness (QED) is 0.318. The van der Waals surface area contributed by atoms with E-state index in [-0.39, 0.29) is 44.1 Å². The number of carbonyl (C=O) groups excluding carboxylic acids is 2. The number of aromatic nitrogens is 1. The molecule has 2 aliphatic rings. The molecule has 43 heavy (non-hydrogen) atoms. The number of pyridine rings is 1. The highest BCUT2D eigenvalue weighted by Gasteiger charge is 2.50. The molecular weight excluding hydrogens is 583 g/mol. The van der Waals surface area contributed by atoms with E-state index in [9.17, 15) is 40.3 Å². The highest BCUT2D eigenvalue weighted by atomic mass is 19.4. The average molecular weight is 610 g/mol. The van der Waals surface area contributed by atoms with Gasteiger partial charge in [-0.3, -0.25) is 14.6 Å². The van der Waals surface area contributed by atoms with Gasteiger partial charge in [-0.1, -0.05) is 12.1 Å². The molecule has 2 fully saturated rings. The number of piperidine rings is 1. The smallest absolute Gasteiger partial charge is 0.417 e. The molecule has 2 aliphatic heterocycles. The molecule has 0 saturated carbocycles. The number of rotatable bonds is 5. The summed E-state index contributed by atoms with van der Waals surface area (Å²) in [5.74, 6) is -2.15. The van der Waals surface area contributed by atoms with E-state index in [1.54, 1.807) is 12.1 Å². The van der Waals surface area contributed by atoms with Crippen LogP contribution in [-0.2, 0) is 17.1 Å². The van der Waals surface area contributed by atoms with E-state index >= 15 is 0 Å². The third-order valence-corrected chi connectivity index (χ3v) is 7.80. The fourth-order valence-electron chi connectivity index (χ4n) is 5.66. The third kappa shape index (κ3) is 6.45. The molecule has 0 radical (unpaired) electrons. The summed E-state index contributed by atoms with van der Waals surface area (Å²) >= 11 is 0. The Hall–Kier alpha value is -4.16. The van der Waals surface area contributed by atoms with Crippen LogP contribution in [-0.4, -0.2) is 58.4 Å². The summed E-state index contributed by atoms with van der Waals surface area (Å²) in [5, 5.41) is 0. The maximum atomic E-state index is 14.1. The van der Waals surface area contributed by atoms with Crippen molar-refractivity contribution in [1.29, 1.82) is 0 Å². The van der Waals surface area contributed by atoms with Crippen LogP contribution in [0, 0.1) is 5.82 Å². The molecule has 2 aromatic carbocycles. The SMILES string of the molecule is O=C(c1cnccc1C(F)(F)F)N1CCCC(Oc2ccc(C(F)(F)F)cc2)(C(=O)N2CCC(c3ccc(F)cc3)C2)C1. The average Bonchev–Trinajstić information content (AvgIpc) is 3.46. The van der Waals surface area contributed by atoms with Crippen LogP contribution in [0.15, 0.2) is 67.0 Å². The number of hydrogen-bond acceptors (Lipinski definition) is 4. The van der Waals surface area contributed by atoms with Gasteiger partial charge in [-0.25, -0.2) is 4.39 Å². The predicted octanol–water partition coefficient (Wildman–Crippen LogP) is 6.33. The zero-order chi connectivity index (χ0) is 31.0. The summed E-state index contributed by atoms with van der Waals surface area (Å²) in [6, 6.07) is 10.3. The zero-order valence-electron chi connectivity index (χ0n) is 22.6. The summed E-state index contributed by atoms with van der Waals surface area (Å²) < 4.78 is 100. The maximum Gasteiger partial charge on any atom is 0.417 e. The van der Waals surface area contributed by atoms with Crippen LogP contribution in [0.4, 0.5) is 30.7 Å². The van der Waals surface area contributed by atoms with E-state index in [0.717, 1.165) is 47.1 Å². The molecule has 0 spiro atoms. The number of likely N-dealkylation sites (tertiary alicyclic amines) is 2. The van der Waals surface area contributed by atoms with Gasteiger partial charge in [-0.15, -0.1) is 0 Å². The first-order valence-electron chi connectivity index (χ1n) is 13.5. The molecule has 3 heterocycles. The largest absolute Gasteiger partial charge is 0.476 e. The van der Waals surface area contributed by atoms with E-state index < -0.39 is 58.8 Å². The monoisotopic (exact) mass is 609 g/mol. The molecule has 5 rings (SSSR count). The number of nitrogens with zero attached hydrogens (tertiary/aromatic N) is 3. The van der Waals surface area contributed by atoms with Gasteiger partial charge in [0, 0.05) is 37.9 Å². The van der Waals surface area contributed by atoms with Crippen molar-refractivity contribution in [2.45, 2.75) is 43.1 Å². The number of ether oxygens (including phenoxy) is 1. The Morgan fingerprint density at radius 3 is 2.23 bits per heavy atom. The second kappa shape index (κ2) is 11.5. The first-order valence-corrected chi connectivity index (χ1v) is 13.5. The Balaban J connectivity index is 1.45. The van der Waals surface area contributed by atoms with Crippen LogP contribution in [0.1, 0.15) is 52.2 Å². The highest BCUT2D eigenvalue weighted by molar-refractivity contribution is 5.96. The van der Waals surface area contributed by atoms with Gasteiger partial charge in [0.25, 0.3) is 11.8 Å². The number of benzene rings is 2. The minimum atomic E-state index is -4.84. The number of hydrogen-bond donors (Lipinski definition) is 0. The van der Waals surface area contributed by atoms with Crippen molar-refractivity contribution in [2.24, 2.45) is 0 Å². The van der Waals surface area contributed by atoms with Crippen molar-refractivity contribution in [3.05, 3.63) is 95.1 Å². The normalized spacial score (nSPS) is 21.1. The second-order valence-corrected chi connectivity index (χ2v) is 10.7. The number of halogens is 7. The van der Waals surface area contributed by atoms with Crippen LogP contribution in [0.5, 0.6) is 5.75 Å². The number of carbonyl (C=O) groups is 2. The van der Waals surface area contributed by atoms with Crippen LogP contribution in [0.25, 0.3) is 0 Å². The third-order valence-electron chi connectivity index (χ3n) is 7.80. The van der Waals surface area contributed by atoms with E-state index in [1.807, 2.05) is 0 Å². The lowest BCUT2D eigenvalue weighted by atomic mass is 9.89. The molecule has 0 N–H and O–H groups in total. The van der Waals surface area contributed by atoms with Crippen LogP contribution in [0.3, 0.4) is 0 Å². The second-order valence-electron chi connectivity index (χ2n) is 10.7. The van der Waals surface area contributed by atoms with Gasteiger partial charge in [-0.05, 0) is 67.3 Å². The summed E-state index contributed by atoms with van der Waals surface area (Å²) in [6.45, 7) is 0.107. The first kappa shape index (κ1) is 30.3.